The highest BCUT2D eigenvalue weighted by atomic mass is 32.2. The number of hydrogen-bond donors (Lipinski definition) is 2. The van der Waals surface area contributed by atoms with Crippen molar-refractivity contribution in [1.29, 1.82) is 0 Å². The van der Waals surface area contributed by atoms with Crippen molar-refractivity contribution in [2.24, 2.45) is 0 Å². The highest BCUT2D eigenvalue weighted by Crippen LogP contribution is 2.24. The molecule has 3 aromatic rings. The van der Waals surface area contributed by atoms with Gasteiger partial charge in [-0.05, 0) is 68.3 Å². The molecule has 4 rings (SSSR count). The Balaban J connectivity index is 1.46. The first-order chi connectivity index (χ1) is 14.9. The summed E-state index contributed by atoms with van der Waals surface area (Å²) >= 11 is 0. The minimum absolute atomic E-state index is 0.168. The number of rotatable bonds is 7. The third-order valence-electron chi connectivity index (χ3n) is 5.03. The van der Waals surface area contributed by atoms with E-state index in [0.29, 0.717) is 23.1 Å². The van der Waals surface area contributed by atoms with Gasteiger partial charge in [0.1, 0.15) is 23.2 Å². The summed E-state index contributed by atoms with van der Waals surface area (Å²) in [6.45, 7) is 3.90. The standard InChI is InChI=1S/C22H25N5O3S/c1-16-23-21(15-22(24-16)27-13-3-4-14-27)25-17-5-7-18(8-6-17)26-31(28,29)20-11-9-19(30-2)10-12-20/h5-12,15,26H,3-4,13-14H2,1-2H3,(H,23,24,25). The van der Waals surface area contributed by atoms with E-state index in [1.54, 1.807) is 36.4 Å². The average Bonchev–Trinajstić information content (AvgIpc) is 3.30. The highest BCUT2D eigenvalue weighted by Gasteiger charge is 2.16. The second kappa shape index (κ2) is 8.81. The fraction of sp³-hybridized carbons (Fsp3) is 0.273. The predicted octanol–water partition coefficient (Wildman–Crippen LogP) is 3.94. The number of anilines is 4. The Bertz CT molecular complexity index is 1140. The van der Waals surface area contributed by atoms with E-state index in [4.69, 9.17) is 4.74 Å². The summed E-state index contributed by atoms with van der Waals surface area (Å²) in [5, 5.41) is 3.27. The monoisotopic (exact) mass is 439 g/mol. The van der Waals surface area contributed by atoms with Crippen molar-refractivity contribution >= 4 is 33.0 Å². The second-order valence-corrected chi connectivity index (χ2v) is 9.02. The molecule has 0 saturated carbocycles. The van der Waals surface area contributed by atoms with Crippen LogP contribution in [-0.2, 0) is 10.0 Å². The lowest BCUT2D eigenvalue weighted by Crippen LogP contribution is -2.19. The van der Waals surface area contributed by atoms with E-state index in [0.717, 1.165) is 24.6 Å². The normalized spacial score (nSPS) is 13.8. The van der Waals surface area contributed by atoms with Crippen LogP contribution in [0.15, 0.2) is 59.5 Å². The Morgan fingerprint density at radius 2 is 1.58 bits per heavy atom. The zero-order valence-corrected chi connectivity index (χ0v) is 18.3. The van der Waals surface area contributed by atoms with Crippen molar-refractivity contribution in [3.8, 4) is 5.75 Å². The highest BCUT2D eigenvalue weighted by molar-refractivity contribution is 7.92. The van der Waals surface area contributed by atoms with Gasteiger partial charge in [0.2, 0.25) is 0 Å². The van der Waals surface area contributed by atoms with E-state index < -0.39 is 10.0 Å². The average molecular weight is 440 g/mol. The Kier molecular flexibility index (Phi) is 5.94. The number of aromatic nitrogens is 2. The van der Waals surface area contributed by atoms with E-state index >= 15 is 0 Å². The van der Waals surface area contributed by atoms with Gasteiger partial charge in [-0.3, -0.25) is 4.72 Å². The van der Waals surface area contributed by atoms with Crippen molar-refractivity contribution in [2.45, 2.75) is 24.7 Å². The SMILES string of the molecule is COc1ccc(S(=O)(=O)Nc2ccc(Nc3cc(N4CCCC4)nc(C)n3)cc2)cc1. The van der Waals surface area contributed by atoms with Crippen LogP contribution in [0.25, 0.3) is 0 Å². The smallest absolute Gasteiger partial charge is 0.261 e. The van der Waals surface area contributed by atoms with Crippen LogP contribution >= 0.6 is 0 Å². The van der Waals surface area contributed by atoms with Crippen LogP contribution in [0.2, 0.25) is 0 Å². The van der Waals surface area contributed by atoms with Crippen LogP contribution in [0.5, 0.6) is 5.75 Å². The number of nitrogens with zero attached hydrogens (tertiary/aromatic N) is 3. The van der Waals surface area contributed by atoms with Gasteiger partial charge >= 0.3 is 0 Å². The molecule has 8 nitrogen and oxygen atoms in total. The molecule has 1 aliphatic rings. The van der Waals surface area contributed by atoms with E-state index in [2.05, 4.69) is 24.9 Å². The summed E-state index contributed by atoms with van der Waals surface area (Å²) in [7, 11) is -2.15. The maximum Gasteiger partial charge on any atom is 0.261 e. The maximum atomic E-state index is 12.6. The maximum absolute atomic E-state index is 12.6. The fourth-order valence-corrected chi connectivity index (χ4v) is 4.52. The van der Waals surface area contributed by atoms with Gasteiger partial charge in [-0.15, -0.1) is 0 Å². The van der Waals surface area contributed by atoms with Crippen LogP contribution in [0.4, 0.5) is 23.0 Å². The van der Waals surface area contributed by atoms with Gasteiger partial charge in [-0.2, -0.15) is 0 Å². The summed E-state index contributed by atoms with van der Waals surface area (Å²) < 4.78 is 32.8. The first-order valence-corrected chi connectivity index (χ1v) is 11.6. The van der Waals surface area contributed by atoms with E-state index in [9.17, 15) is 8.42 Å². The minimum atomic E-state index is -3.68. The van der Waals surface area contributed by atoms with E-state index in [1.165, 1.54) is 32.1 Å². The molecule has 0 unspecified atom stereocenters. The van der Waals surface area contributed by atoms with Crippen molar-refractivity contribution in [3.63, 3.8) is 0 Å². The number of methoxy groups -OCH3 is 1. The summed E-state index contributed by atoms with van der Waals surface area (Å²) in [6.07, 6.45) is 2.36. The van der Waals surface area contributed by atoms with Crippen molar-refractivity contribution in [3.05, 3.63) is 60.4 Å². The lowest BCUT2D eigenvalue weighted by molar-refractivity contribution is 0.414. The van der Waals surface area contributed by atoms with Crippen LogP contribution < -0.4 is 19.7 Å². The van der Waals surface area contributed by atoms with Crippen LogP contribution in [0.1, 0.15) is 18.7 Å². The van der Waals surface area contributed by atoms with Crippen molar-refractivity contribution < 1.29 is 13.2 Å². The van der Waals surface area contributed by atoms with E-state index in [-0.39, 0.29) is 4.90 Å². The number of aryl methyl sites for hydroxylation is 1. The minimum Gasteiger partial charge on any atom is -0.497 e. The molecular formula is C22H25N5O3S. The number of hydrogen-bond acceptors (Lipinski definition) is 7. The molecule has 31 heavy (non-hydrogen) atoms. The van der Waals surface area contributed by atoms with Crippen molar-refractivity contribution in [1.82, 2.24) is 9.97 Å². The zero-order valence-electron chi connectivity index (χ0n) is 17.5. The molecular weight excluding hydrogens is 414 g/mol. The molecule has 0 atom stereocenters. The molecule has 0 spiro atoms. The van der Waals surface area contributed by atoms with Crippen LogP contribution in [-0.4, -0.2) is 38.6 Å². The topological polar surface area (TPSA) is 96.5 Å². The molecule has 2 heterocycles. The summed E-state index contributed by atoms with van der Waals surface area (Å²) in [6, 6.07) is 15.2. The number of sulfonamides is 1. The van der Waals surface area contributed by atoms with Gasteiger partial charge in [0.25, 0.3) is 10.0 Å². The summed E-state index contributed by atoms with van der Waals surface area (Å²) in [5.41, 5.74) is 1.27. The number of benzene rings is 2. The van der Waals surface area contributed by atoms with Crippen molar-refractivity contribution in [2.75, 3.05) is 35.1 Å². The molecule has 1 aliphatic heterocycles. The first kappa shape index (κ1) is 20.9. The van der Waals surface area contributed by atoms with Gasteiger partial charge in [0, 0.05) is 30.5 Å². The molecule has 1 fully saturated rings. The van der Waals surface area contributed by atoms with Gasteiger partial charge < -0.3 is 15.0 Å². The molecule has 0 amide bonds. The molecule has 0 radical (unpaired) electrons. The number of nitrogens with one attached hydrogen (secondary N) is 2. The molecule has 2 aromatic carbocycles. The predicted molar refractivity (Wildman–Crippen MR) is 122 cm³/mol. The third kappa shape index (κ3) is 5.05. The number of ether oxygens (including phenoxy) is 1. The Morgan fingerprint density at radius 1 is 0.935 bits per heavy atom. The van der Waals surface area contributed by atoms with Crippen LogP contribution in [0.3, 0.4) is 0 Å². The van der Waals surface area contributed by atoms with Crippen LogP contribution in [0, 0.1) is 6.92 Å². The Labute approximate surface area is 182 Å². The van der Waals surface area contributed by atoms with Gasteiger partial charge in [0.05, 0.1) is 12.0 Å². The molecule has 9 heteroatoms. The lowest BCUT2D eigenvalue weighted by Gasteiger charge is -2.18. The molecule has 1 saturated heterocycles. The molecule has 1 aromatic heterocycles. The second-order valence-electron chi connectivity index (χ2n) is 7.34. The third-order valence-corrected chi connectivity index (χ3v) is 6.43. The Morgan fingerprint density at radius 3 is 2.23 bits per heavy atom. The molecule has 2 N–H and O–H groups in total. The fourth-order valence-electron chi connectivity index (χ4n) is 3.46. The van der Waals surface area contributed by atoms with Gasteiger partial charge in [-0.25, -0.2) is 18.4 Å². The zero-order chi connectivity index (χ0) is 21.8. The molecule has 0 aliphatic carbocycles. The quantitative estimate of drug-likeness (QED) is 0.576. The van der Waals surface area contributed by atoms with Gasteiger partial charge in [-0.1, -0.05) is 0 Å². The largest absolute Gasteiger partial charge is 0.497 e. The first-order valence-electron chi connectivity index (χ1n) is 10.1. The van der Waals surface area contributed by atoms with E-state index in [1.807, 2.05) is 13.0 Å². The Hall–Kier alpha value is -3.33. The van der Waals surface area contributed by atoms with Gasteiger partial charge in [0.15, 0.2) is 0 Å². The summed E-state index contributed by atoms with van der Waals surface area (Å²) in [4.78, 5) is 11.4. The molecule has 162 valence electrons. The summed E-state index contributed by atoms with van der Waals surface area (Å²) in [5.74, 6) is 2.94. The molecule has 0 bridgehead atoms. The lowest BCUT2D eigenvalue weighted by atomic mass is 10.3.